The van der Waals surface area contributed by atoms with Gasteiger partial charge in [-0.3, -0.25) is 0 Å². The molecule has 1 heterocycles. The maximum Gasteiger partial charge on any atom is 0.169 e. The molecule has 0 saturated carbocycles. The predicted molar refractivity (Wildman–Crippen MR) is 85.3 cm³/mol. The molecule has 0 unspecified atom stereocenters. The van der Waals surface area contributed by atoms with Crippen LogP contribution in [0.2, 0.25) is 0 Å². The molecular weight excluding hydrogens is 292 g/mol. The number of sulfone groups is 1. The van der Waals surface area contributed by atoms with E-state index in [1.54, 1.807) is 0 Å². The predicted octanol–water partition coefficient (Wildman–Crippen LogP) is 1.57. The maximum absolute atomic E-state index is 11.7. The Kier molecular flexibility index (Phi) is 4.99. The Bertz CT molecular complexity index is 558. The minimum absolute atomic E-state index is 0.0215. The highest BCUT2D eigenvalue weighted by Crippen LogP contribution is 2.20. The molecule has 20 heavy (non-hydrogen) atoms. The molecule has 1 fully saturated rings. The lowest BCUT2D eigenvalue weighted by Crippen LogP contribution is -2.46. The van der Waals surface area contributed by atoms with Gasteiger partial charge >= 0.3 is 0 Å². The Morgan fingerprint density at radius 2 is 2.10 bits per heavy atom. The summed E-state index contributed by atoms with van der Waals surface area (Å²) < 4.78 is 23.4. The second kappa shape index (κ2) is 6.54. The lowest BCUT2D eigenvalue weighted by Gasteiger charge is -2.31. The van der Waals surface area contributed by atoms with Gasteiger partial charge in [-0.05, 0) is 31.1 Å². The molecule has 1 atom stereocenters. The van der Waals surface area contributed by atoms with E-state index in [1.165, 1.54) is 0 Å². The van der Waals surface area contributed by atoms with Crippen LogP contribution in [-0.4, -0.2) is 42.5 Å². The monoisotopic (exact) mass is 312 g/mol. The van der Waals surface area contributed by atoms with Crippen molar-refractivity contribution in [3.63, 3.8) is 0 Å². The normalized spacial score (nSPS) is 20.6. The van der Waals surface area contributed by atoms with Crippen LogP contribution in [0.4, 0.5) is 0 Å². The first-order valence-electron chi connectivity index (χ1n) is 6.80. The average molecular weight is 312 g/mol. The number of rotatable bonds is 4. The van der Waals surface area contributed by atoms with Gasteiger partial charge in [-0.1, -0.05) is 30.3 Å². The Balaban J connectivity index is 2.15. The van der Waals surface area contributed by atoms with Crippen molar-refractivity contribution in [2.24, 2.45) is 0 Å². The second-order valence-electron chi connectivity index (χ2n) is 5.01. The summed E-state index contributed by atoms with van der Waals surface area (Å²) in [4.78, 5) is 2.01. The van der Waals surface area contributed by atoms with E-state index in [0.717, 1.165) is 12.1 Å². The van der Waals surface area contributed by atoms with Gasteiger partial charge in [-0.15, -0.1) is 0 Å². The quantitative estimate of drug-likeness (QED) is 0.855. The van der Waals surface area contributed by atoms with Crippen molar-refractivity contribution in [1.82, 2.24) is 10.2 Å². The van der Waals surface area contributed by atoms with Crippen molar-refractivity contribution in [1.29, 1.82) is 0 Å². The van der Waals surface area contributed by atoms with Crippen LogP contribution in [0.5, 0.6) is 0 Å². The first kappa shape index (κ1) is 15.3. The number of hydrogen-bond donors (Lipinski definition) is 1. The molecule has 1 aliphatic heterocycles. The maximum atomic E-state index is 11.7. The fraction of sp³-hybridized carbons (Fsp3) is 0.500. The van der Waals surface area contributed by atoms with E-state index in [4.69, 9.17) is 12.2 Å². The smallest absolute Gasteiger partial charge is 0.169 e. The molecule has 1 saturated heterocycles. The Hall–Kier alpha value is -1.14. The van der Waals surface area contributed by atoms with Gasteiger partial charge in [-0.25, -0.2) is 8.42 Å². The van der Waals surface area contributed by atoms with E-state index in [1.807, 2.05) is 42.2 Å². The van der Waals surface area contributed by atoms with E-state index >= 15 is 0 Å². The Labute approximate surface area is 126 Å². The van der Waals surface area contributed by atoms with Gasteiger partial charge in [0.05, 0.1) is 11.5 Å². The molecule has 0 aromatic heterocycles. The van der Waals surface area contributed by atoms with Crippen LogP contribution in [0.1, 0.15) is 18.9 Å². The van der Waals surface area contributed by atoms with Crippen LogP contribution in [0.25, 0.3) is 0 Å². The van der Waals surface area contributed by atoms with Crippen LogP contribution >= 0.6 is 12.2 Å². The third-order valence-corrected chi connectivity index (χ3v) is 5.56. The third kappa shape index (κ3) is 3.93. The molecule has 0 aliphatic carbocycles. The number of benzene rings is 1. The molecule has 1 N–H and O–H groups in total. The lowest BCUT2D eigenvalue weighted by molar-refractivity contribution is 0.323. The Morgan fingerprint density at radius 3 is 2.65 bits per heavy atom. The van der Waals surface area contributed by atoms with Gasteiger partial charge < -0.3 is 10.2 Å². The minimum Gasteiger partial charge on any atom is -0.363 e. The van der Waals surface area contributed by atoms with E-state index in [0.29, 0.717) is 18.1 Å². The van der Waals surface area contributed by atoms with Gasteiger partial charge in [-0.2, -0.15) is 0 Å². The lowest BCUT2D eigenvalue weighted by atomic mass is 10.1. The standard InChI is InChI=1S/C14H20N2O2S2/c1-2-15-14(19)16(10-12-6-4-3-5-7-12)13-8-9-20(17,18)11-13/h3-7,13H,2,8-11H2,1H3,(H,15,19)/t13-/m1/s1. The van der Waals surface area contributed by atoms with E-state index in [2.05, 4.69) is 5.32 Å². The van der Waals surface area contributed by atoms with Gasteiger partial charge in [0.2, 0.25) is 0 Å². The van der Waals surface area contributed by atoms with Crippen molar-refractivity contribution in [2.75, 3.05) is 18.1 Å². The zero-order valence-electron chi connectivity index (χ0n) is 11.6. The highest BCUT2D eigenvalue weighted by Gasteiger charge is 2.33. The molecule has 1 aromatic carbocycles. The van der Waals surface area contributed by atoms with Crippen molar-refractivity contribution >= 4 is 27.2 Å². The molecule has 110 valence electrons. The fourth-order valence-corrected chi connectivity index (χ4v) is 4.51. The van der Waals surface area contributed by atoms with Crippen LogP contribution in [-0.2, 0) is 16.4 Å². The van der Waals surface area contributed by atoms with E-state index in [-0.39, 0.29) is 17.5 Å². The molecule has 4 nitrogen and oxygen atoms in total. The first-order chi connectivity index (χ1) is 9.52. The third-order valence-electron chi connectivity index (χ3n) is 3.43. The van der Waals surface area contributed by atoms with E-state index in [9.17, 15) is 8.42 Å². The molecule has 6 heteroatoms. The summed E-state index contributed by atoms with van der Waals surface area (Å²) in [7, 11) is -2.91. The van der Waals surface area contributed by atoms with Crippen molar-refractivity contribution < 1.29 is 8.42 Å². The average Bonchev–Trinajstić information content (AvgIpc) is 2.77. The number of nitrogens with zero attached hydrogens (tertiary/aromatic N) is 1. The zero-order chi connectivity index (χ0) is 14.6. The number of hydrogen-bond acceptors (Lipinski definition) is 3. The van der Waals surface area contributed by atoms with Gasteiger partial charge in [0.1, 0.15) is 0 Å². The topological polar surface area (TPSA) is 49.4 Å². The number of thiocarbonyl (C=S) groups is 1. The summed E-state index contributed by atoms with van der Waals surface area (Å²) in [5.41, 5.74) is 1.14. The molecule has 2 rings (SSSR count). The summed E-state index contributed by atoms with van der Waals surface area (Å²) in [5, 5.41) is 3.77. The van der Waals surface area contributed by atoms with Gasteiger partial charge in [0, 0.05) is 19.1 Å². The van der Waals surface area contributed by atoms with E-state index < -0.39 is 9.84 Å². The summed E-state index contributed by atoms with van der Waals surface area (Å²) in [5.74, 6) is 0.461. The summed E-state index contributed by atoms with van der Waals surface area (Å²) in [6.07, 6.45) is 0.653. The molecule has 0 amide bonds. The summed E-state index contributed by atoms with van der Waals surface area (Å²) in [6.45, 7) is 3.37. The minimum atomic E-state index is -2.91. The molecule has 0 bridgehead atoms. The molecule has 1 aromatic rings. The van der Waals surface area contributed by atoms with Crippen LogP contribution in [0, 0.1) is 0 Å². The van der Waals surface area contributed by atoms with Crippen molar-refractivity contribution in [2.45, 2.75) is 25.9 Å². The van der Waals surface area contributed by atoms with Crippen LogP contribution in [0.3, 0.4) is 0 Å². The van der Waals surface area contributed by atoms with Crippen molar-refractivity contribution in [3.05, 3.63) is 35.9 Å². The molecular formula is C14H20N2O2S2. The molecule has 0 radical (unpaired) electrons. The summed E-state index contributed by atoms with van der Waals surface area (Å²) >= 11 is 5.41. The molecule has 0 spiro atoms. The zero-order valence-corrected chi connectivity index (χ0v) is 13.2. The van der Waals surface area contributed by atoms with Gasteiger partial charge in [0.15, 0.2) is 14.9 Å². The highest BCUT2D eigenvalue weighted by molar-refractivity contribution is 7.91. The SMILES string of the molecule is CCNC(=S)N(Cc1ccccc1)[C@@H]1CCS(=O)(=O)C1. The highest BCUT2D eigenvalue weighted by atomic mass is 32.2. The van der Waals surface area contributed by atoms with Crippen LogP contribution in [0.15, 0.2) is 30.3 Å². The van der Waals surface area contributed by atoms with Crippen molar-refractivity contribution in [3.8, 4) is 0 Å². The van der Waals surface area contributed by atoms with Gasteiger partial charge in [0.25, 0.3) is 0 Å². The van der Waals surface area contributed by atoms with Crippen LogP contribution < -0.4 is 5.32 Å². The fourth-order valence-electron chi connectivity index (χ4n) is 2.42. The molecule has 1 aliphatic rings. The Morgan fingerprint density at radius 1 is 1.40 bits per heavy atom. The summed E-state index contributed by atoms with van der Waals surface area (Å²) in [6, 6.07) is 9.98. The second-order valence-corrected chi connectivity index (χ2v) is 7.62. The number of nitrogens with one attached hydrogen (secondary N) is 1. The first-order valence-corrected chi connectivity index (χ1v) is 9.03. The largest absolute Gasteiger partial charge is 0.363 e.